The van der Waals surface area contributed by atoms with E-state index in [1.54, 1.807) is 39.3 Å². The Morgan fingerprint density at radius 3 is 1.27 bits per heavy atom. The third-order valence-corrected chi connectivity index (χ3v) is 20.1. The number of H-pyrrole nitrogens is 3. The van der Waals surface area contributed by atoms with Crippen LogP contribution in [0.2, 0.25) is 0 Å². The van der Waals surface area contributed by atoms with Crippen LogP contribution < -0.4 is 26.6 Å². The molecule has 4 saturated carbocycles. The van der Waals surface area contributed by atoms with Crippen LogP contribution in [0.25, 0.3) is 33.1 Å². The number of nitrogens with zero attached hydrogens (tertiary/aromatic N) is 9. The van der Waals surface area contributed by atoms with E-state index in [1.807, 2.05) is 59.5 Å². The molecule has 0 radical (unpaired) electrons. The van der Waals surface area contributed by atoms with Gasteiger partial charge in [0, 0.05) is 117 Å². The molecule has 9 heterocycles. The normalized spacial score (nSPS) is 31.3. The zero-order valence-electron chi connectivity index (χ0n) is 52.2. The molecule has 3 aliphatic heterocycles. The fraction of sp³-hybridized carbons (Fsp3) is 0.591. The quantitative estimate of drug-likeness (QED) is 0.0420. The van der Waals surface area contributed by atoms with Gasteiger partial charge < -0.3 is 56.2 Å². The molecule has 3 amide bonds. The van der Waals surface area contributed by atoms with Gasteiger partial charge in [-0.3, -0.25) is 14.4 Å². The van der Waals surface area contributed by atoms with Crippen LogP contribution in [0.1, 0.15) is 160 Å². The minimum Gasteiger partial charge on any atom is -0.365 e. The Morgan fingerprint density at radius 2 is 0.933 bits per heavy atom. The Kier molecular flexibility index (Phi) is 19.0. The van der Waals surface area contributed by atoms with E-state index in [0.717, 1.165) is 96.5 Å². The van der Waals surface area contributed by atoms with Crippen LogP contribution in [0.4, 0.5) is 30.6 Å². The maximum absolute atomic E-state index is 14.6. The van der Waals surface area contributed by atoms with Crippen molar-refractivity contribution in [3.8, 4) is 0 Å². The highest BCUT2D eigenvalue weighted by Gasteiger charge is 2.67. The van der Waals surface area contributed by atoms with Crippen molar-refractivity contribution in [2.45, 2.75) is 197 Å². The molecule has 1 spiro atoms. The van der Waals surface area contributed by atoms with Crippen LogP contribution in [-0.2, 0) is 14.4 Å². The topological polar surface area (TPSA) is 246 Å². The van der Waals surface area contributed by atoms with Gasteiger partial charge in [-0.2, -0.15) is 0 Å². The van der Waals surface area contributed by atoms with Crippen molar-refractivity contribution >= 4 is 68.3 Å². The minimum atomic E-state index is -1.16. The Labute approximate surface area is 520 Å². The molecule has 0 bridgehead atoms. The number of halogens is 3. The first-order valence-electron chi connectivity index (χ1n) is 31.6. The molecule has 7 fully saturated rings. The molecule has 0 aromatic carbocycles. The van der Waals surface area contributed by atoms with E-state index >= 15 is 0 Å². The molecule has 13 rings (SSSR count). The van der Waals surface area contributed by atoms with E-state index in [4.69, 9.17) is 0 Å². The van der Waals surface area contributed by atoms with Gasteiger partial charge in [-0.15, -0.1) is 0 Å². The number of piperidine rings is 3. The summed E-state index contributed by atoms with van der Waals surface area (Å²) in [5.41, 5.74) is 1.83. The van der Waals surface area contributed by atoms with Gasteiger partial charge in [-0.25, -0.2) is 43.1 Å². The molecule has 13 atom stereocenters. The van der Waals surface area contributed by atoms with E-state index in [0.29, 0.717) is 80.8 Å². The van der Waals surface area contributed by atoms with Gasteiger partial charge >= 0.3 is 0 Å². The number of hydrogen-bond acceptors (Lipinski definition) is 14. The molecule has 23 heteroatoms. The average Bonchev–Trinajstić information content (AvgIpc) is 1.56. The number of hydrogen-bond donors (Lipinski definition) is 8. The Balaban J connectivity index is 0.000000146. The lowest BCUT2D eigenvalue weighted by Crippen LogP contribution is -2.49. The lowest BCUT2D eigenvalue weighted by Gasteiger charge is -2.38. The first kappa shape index (κ1) is 64.6. The first-order valence-corrected chi connectivity index (χ1v) is 31.6. The summed E-state index contributed by atoms with van der Waals surface area (Å²) in [6, 6.07) is 0.913. The summed E-state index contributed by atoms with van der Waals surface area (Å²) in [5.74, 6) is 2.35. The highest BCUT2D eigenvalue weighted by molar-refractivity contribution is 5.94. The van der Waals surface area contributed by atoms with Gasteiger partial charge in [-0.05, 0) is 161 Å². The maximum atomic E-state index is 14.6. The number of anilines is 3. The number of carbonyl (C=O) groups is 3. The minimum absolute atomic E-state index is 0. The second-order valence-electron chi connectivity index (χ2n) is 26.6. The van der Waals surface area contributed by atoms with Crippen molar-refractivity contribution < 1.29 is 27.6 Å². The van der Waals surface area contributed by atoms with Gasteiger partial charge in [0.1, 0.15) is 70.4 Å². The van der Waals surface area contributed by atoms with Crippen molar-refractivity contribution in [3.05, 3.63) is 91.2 Å². The molecule has 20 nitrogen and oxygen atoms in total. The second kappa shape index (κ2) is 26.2. The number of aromatic amines is 3. The number of aromatic nitrogens is 9. The summed E-state index contributed by atoms with van der Waals surface area (Å²) >= 11 is 0. The number of likely N-dealkylation sites (N-methyl/N-ethyl adjacent to an activating group) is 2. The van der Waals surface area contributed by atoms with Crippen LogP contribution in [0.3, 0.4) is 0 Å². The highest BCUT2D eigenvalue weighted by Crippen LogP contribution is 2.70. The van der Waals surface area contributed by atoms with E-state index in [9.17, 15) is 27.6 Å². The van der Waals surface area contributed by atoms with Crippen molar-refractivity contribution in [1.82, 2.24) is 70.2 Å². The summed E-state index contributed by atoms with van der Waals surface area (Å²) in [6.07, 6.45) is 28.9. The Hall–Kier alpha value is -7.40. The number of likely N-dealkylation sites (tertiary alicyclic amines) is 3. The van der Waals surface area contributed by atoms with Gasteiger partial charge in [0.2, 0.25) is 17.7 Å². The monoisotopic (exact) mass is 1230 g/mol. The summed E-state index contributed by atoms with van der Waals surface area (Å²) in [5, 5.41) is 19.4. The average molecular weight is 1230 g/mol. The molecule has 3 unspecified atom stereocenters. The standard InChI is InChI=1S/C23H30FN5O.2C21H29FN6O.CH4/c1-4-18(30)29-11-16(6-5-14(29)2)28-21-19-17(10-25-20(19)26-13-27-21)15-7-8-23(9-15)12-22(23,3)24;2*1-13-6-7-14(11-28(13)17(29)5-4-8-23-3)27-20-18-15(16-9-21(16,2)22)10-24-19(18)25-12-26-20;/h4,10,13-16H,1,5-9,11-12H2,2-3H3,(H2,25,26,27,28);2*4-5,10,12-14,16,23H,6-9,11H2,1-3H3,(H2,24,25,26,27);1H4/b;2*5-4+;/t14-,15+,16+,22?,23+;13-,14+,16+,21?;13-,14+,16-,21?;/m000./s1. The zero-order valence-corrected chi connectivity index (χ0v) is 52.2. The summed E-state index contributed by atoms with van der Waals surface area (Å²) < 4.78 is 43.2. The summed E-state index contributed by atoms with van der Waals surface area (Å²) in [7, 11) is 3.70. The van der Waals surface area contributed by atoms with E-state index in [1.165, 1.54) is 24.3 Å². The summed E-state index contributed by atoms with van der Waals surface area (Å²) in [4.78, 5) is 79.1. The van der Waals surface area contributed by atoms with E-state index in [2.05, 4.69) is 98.8 Å². The van der Waals surface area contributed by atoms with Crippen LogP contribution in [0, 0.1) is 5.41 Å². The van der Waals surface area contributed by atoms with Crippen LogP contribution >= 0.6 is 0 Å². The molecule has 3 saturated heterocycles. The summed E-state index contributed by atoms with van der Waals surface area (Å²) in [6.45, 7) is 18.1. The number of rotatable bonds is 16. The Bertz CT molecular complexity index is 3430. The number of nitrogens with one attached hydrogen (secondary N) is 8. The number of alkyl halides is 3. The molecule has 4 aliphatic carbocycles. The van der Waals surface area contributed by atoms with Crippen LogP contribution in [0.15, 0.2) is 74.5 Å². The molecule has 8 N–H and O–H groups in total. The fourth-order valence-electron chi connectivity index (χ4n) is 14.4. The van der Waals surface area contributed by atoms with Gasteiger partial charge in [0.25, 0.3) is 0 Å². The van der Waals surface area contributed by atoms with Crippen molar-refractivity contribution in [2.24, 2.45) is 5.41 Å². The smallest absolute Gasteiger partial charge is 0.246 e. The largest absolute Gasteiger partial charge is 0.365 e. The SMILES string of the molecule is C.C=CC(=O)N1C[C@H](Nc2ncnc3[nH]cc([C@@H]4CC[C@@]5(C4)CC5(C)F)c23)CC[C@@H]1C.CNC/C=C/C(=O)N1C[C@H](Nc2ncnc3[nH]cc([C@@H]4CC4(C)F)c23)CC[C@@H]1C.CNC/C=C/C(=O)N1C[C@H](Nc2ncnc3[nH]cc([C@H]4CC4(C)F)c23)CC[C@@H]1C. The van der Waals surface area contributed by atoms with Crippen molar-refractivity contribution in [3.63, 3.8) is 0 Å². The fourth-order valence-corrected chi connectivity index (χ4v) is 14.4. The molecule has 6 aromatic rings. The van der Waals surface area contributed by atoms with Crippen molar-refractivity contribution in [2.75, 3.05) is 62.8 Å². The van der Waals surface area contributed by atoms with Crippen LogP contribution in [-0.4, -0.2) is 177 Å². The molecule has 480 valence electrons. The predicted molar refractivity (Wildman–Crippen MR) is 345 cm³/mol. The third kappa shape index (κ3) is 13.7. The number of fused-ring (bicyclic) bond motifs is 3. The zero-order chi connectivity index (χ0) is 62.3. The lowest BCUT2D eigenvalue weighted by atomic mass is 9.94. The molecular formula is C66H92F3N17O3. The Morgan fingerprint density at radius 1 is 0.573 bits per heavy atom. The maximum Gasteiger partial charge on any atom is 0.246 e. The van der Waals surface area contributed by atoms with Crippen LogP contribution in [0.5, 0.6) is 0 Å². The molecule has 6 aromatic heterocycles. The highest BCUT2D eigenvalue weighted by atomic mass is 19.2. The third-order valence-electron chi connectivity index (χ3n) is 20.1. The number of amides is 3. The predicted octanol–water partition coefficient (Wildman–Crippen LogP) is 10.4. The van der Waals surface area contributed by atoms with Gasteiger partial charge in [0.15, 0.2) is 0 Å². The first-order chi connectivity index (χ1) is 42.1. The molecule has 89 heavy (non-hydrogen) atoms. The van der Waals surface area contributed by atoms with Crippen molar-refractivity contribution in [1.29, 1.82) is 0 Å². The second-order valence-corrected chi connectivity index (χ2v) is 26.6. The van der Waals surface area contributed by atoms with E-state index in [-0.39, 0.29) is 78.7 Å². The van der Waals surface area contributed by atoms with E-state index < -0.39 is 17.0 Å². The lowest BCUT2D eigenvalue weighted by molar-refractivity contribution is -0.130. The molecule has 7 aliphatic rings. The van der Waals surface area contributed by atoms with Gasteiger partial charge in [0.05, 0.1) is 16.2 Å². The van der Waals surface area contributed by atoms with Gasteiger partial charge in [-0.1, -0.05) is 26.2 Å². The molecular weight excluding hydrogens is 1140 g/mol. The number of carbonyl (C=O) groups excluding carboxylic acids is 3.